The Morgan fingerprint density at radius 2 is 2.15 bits per heavy atom. The molecule has 0 aliphatic carbocycles. The van der Waals surface area contributed by atoms with Gasteiger partial charge in [-0.05, 0) is 32.5 Å². The van der Waals surface area contributed by atoms with Gasteiger partial charge in [0.2, 0.25) is 0 Å². The van der Waals surface area contributed by atoms with Gasteiger partial charge in [0.25, 0.3) is 0 Å². The number of rotatable bonds is 3. The van der Waals surface area contributed by atoms with Crippen molar-refractivity contribution in [2.45, 2.75) is 20.0 Å². The van der Waals surface area contributed by atoms with E-state index in [-0.39, 0.29) is 0 Å². The second-order valence-electron chi connectivity index (χ2n) is 3.23. The Kier molecular flexibility index (Phi) is 3.39. The van der Waals surface area contributed by atoms with Gasteiger partial charge in [-0.2, -0.15) is 0 Å². The van der Waals surface area contributed by atoms with Gasteiger partial charge >= 0.3 is 0 Å². The minimum atomic E-state index is -0.509. The van der Waals surface area contributed by atoms with Crippen LogP contribution in [0.15, 0.2) is 12.1 Å². The molecule has 1 aromatic rings. The van der Waals surface area contributed by atoms with Crippen LogP contribution in [0.5, 0.6) is 0 Å². The molecule has 0 aliphatic rings. The highest BCUT2D eigenvalue weighted by Gasteiger charge is 2.10. The molecule has 0 saturated carbocycles. The Balaban J connectivity index is 2.91. The summed E-state index contributed by atoms with van der Waals surface area (Å²) in [4.78, 5) is 4.30. The van der Waals surface area contributed by atoms with E-state index in [1.54, 1.807) is 0 Å². The van der Waals surface area contributed by atoms with Gasteiger partial charge in [-0.15, -0.1) is 0 Å². The fraction of sp³-hybridized carbons (Fsp3) is 0.500. The van der Waals surface area contributed by atoms with Crippen LogP contribution in [0.4, 0.5) is 0 Å². The Hall–Kier alpha value is -0.930. The number of aromatic nitrogens is 1. The third kappa shape index (κ3) is 2.50. The van der Waals surface area contributed by atoms with E-state index in [2.05, 4.69) is 10.3 Å². The van der Waals surface area contributed by atoms with E-state index in [1.165, 1.54) is 0 Å². The molecule has 1 aromatic heterocycles. The van der Waals surface area contributed by atoms with E-state index < -0.39 is 6.10 Å². The predicted molar refractivity (Wildman–Crippen MR) is 52.6 cm³/mol. The summed E-state index contributed by atoms with van der Waals surface area (Å²) in [6.07, 6.45) is -0.509. The van der Waals surface area contributed by atoms with Crippen LogP contribution in [-0.2, 0) is 0 Å². The molecular weight excluding hydrogens is 164 g/mol. The van der Waals surface area contributed by atoms with Gasteiger partial charge in [0.1, 0.15) is 6.10 Å². The Morgan fingerprint density at radius 1 is 1.46 bits per heavy atom. The van der Waals surface area contributed by atoms with Gasteiger partial charge in [0, 0.05) is 12.2 Å². The summed E-state index contributed by atoms with van der Waals surface area (Å²) < 4.78 is 0. The van der Waals surface area contributed by atoms with Gasteiger partial charge < -0.3 is 10.4 Å². The molecule has 72 valence electrons. The van der Waals surface area contributed by atoms with E-state index in [0.29, 0.717) is 6.54 Å². The molecule has 0 saturated heterocycles. The van der Waals surface area contributed by atoms with Crippen molar-refractivity contribution < 1.29 is 5.11 Å². The van der Waals surface area contributed by atoms with Crippen LogP contribution in [0.25, 0.3) is 0 Å². The zero-order valence-electron chi connectivity index (χ0n) is 8.33. The number of hydrogen-bond donors (Lipinski definition) is 2. The lowest BCUT2D eigenvalue weighted by Crippen LogP contribution is -2.18. The summed E-state index contributed by atoms with van der Waals surface area (Å²) in [6.45, 7) is 4.42. The topological polar surface area (TPSA) is 45.1 Å². The fourth-order valence-corrected chi connectivity index (χ4v) is 1.27. The van der Waals surface area contributed by atoms with Crippen LogP contribution < -0.4 is 5.32 Å². The summed E-state index contributed by atoms with van der Waals surface area (Å²) in [7, 11) is 1.81. The number of aryl methyl sites for hydroxylation is 2. The van der Waals surface area contributed by atoms with Crippen LogP contribution in [0.3, 0.4) is 0 Å². The van der Waals surface area contributed by atoms with Crippen LogP contribution in [0.1, 0.15) is 23.1 Å². The maximum atomic E-state index is 9.70. The second kappa shape index (κ2) is 4.35. The highest BCUT2D eigenvalue weighted by atomic mass is 16.3. The number of likely N-dealkylation sites (N-methyl/N-ethyl adjacent to an activating group) is 1. The lowest BCUT2D eigenvalue weighted by atomic mass is 10.1. The average Bonchev–Trinajstić information content (AvgIpc) is 2.09. The van der Waals surface area contributed by atoms with Crippen molar-refractivity contribution in [1.82, 2.24) is 10.3 Å². The molecule has 3 nitrogen and oxygen atoms in total. The Morgan fingerprint density at radius 3 is 2.77 bits per heavy atom. The number of aliphatic hydroxyl groups is 1. The van der Waals surface area contributed by atoms with Crippen molar-refractivity contribution in [3.63, 3.8) is 0 Å². The quantitative estimate of drug-likeness (QED) is 0.728. The highest BCUT2D eigenvalue weighted by molar-refractivity contribution is 5.23. The first kappa shape index (κ1) is 10.2. The number of pyridine rings is 1. The van der Waals surface area contributed by atoms with Gasteiger partial charge in [-0.3, -0.25) is 4.98 Å². The van der Waals surface area contributed by atoms with Crippen LogP contribution in [-0.4, -0.2) is 23.7 Å². The van der Waals surface area contributed by atoms with Crippen molar-refractivity contribution in [3.8, 4) is 0 Å². The van der Waals surface area contributed by atoms with Gasteiger partial charge in [0.15, 0.2) is 0 Å². The summed E-state index contributed by atoms with van der Waals surface area (Å²) >= 11 is 0. The van der Waals surface area contributed by atoms with Crippen LogP contribution >= 0.6 is 0 Å². The molecule has 2 N–H and O–H groups in total. The Labute approximate surface area is 78.8 Å². The Bertz CT molecular complexity index is 286. The normalized spacial score (nSPS) is 12.9. The van der Waals surface area contributed by atoms with E-state index >= 15 is 0 Å². The van der Waals surface area contributed by atoms with E-state index in [1.807, 2.05) is 33.0 Å². The molecule has 0 amide bonds. The summed E-state index contributed by atoms with van der Waals surface area (Å²) in [5, 5.41) is 12.6. The number of nitrogens with zero attached hydrogens (tertiary/aromatic N) is 1. The molecule has 0 aromatic carbocycles. The molecule has 1 unspecified atom stereocenters. The molecule has 3 heteroatoms. The molecule has 0 aliphatic heterocycles. The summed E-state index contributed by atoms with van der Waals surface area (Å²) in [5.41, 5.74) is 2.75. The molecule has 0 spiro atoms. The van der Waals surface area contributed by atoms with Crippen molar-refractivity contribution in [2.75, 3.05) is 13.6 Å². The number of nitrogens with one attached hydrogen (secondary N) is 1. The lowest BCUT2D eigenvalue weighted by molar-refractivity contribution is 0.172. The molecule has 1 heterocycles. The maximum absolute atomic E-state index is 9.70. The molecule has 0 fully saturated rings. The highest BCUT2D eigenvalue weighted by Crippen LogP contribution is 2.14. The summed E-state index contributed by atoms with van der Waals surface area (Å²) in [6, 6.07) is 3.93. The molecule has 13 heavy (non-hydrogen) atoms. The molecule has 1 atom stereocenters. The third-order valence-corrected chi connectivity index (χ3v) is 1.99. The van der Waals surface area contributed by atoms with Crippen LogP contribution in [0.2, 0.25) is 0 Å². The second-order valence-corrected chi connectivity index (χ2v) is 3.23. The average molecular weight is 180 g/mol. The molecule has 0 bridgehead atoms. The minimum absolute atomic E-state index is 0.509. The molecular formula is C10H16N2O. The zero-order chi connectivity index (χ0) is 9.84. The van der Waals surface area contributed by atoms with Gasteiger partial charge in [-0.25, -0.2) is 0 Å². The lowest BCUT2D eigenvalue weighted by Gasteiger charge is -2.12. The first-order valence-corrected chi connectivity index (χ1v) is 4.42. The smallest absolute Gasteiger partial charge is 0.109 e. The third-order valence-electron chi connectivity index (χ3n) is 1.99. The van der Waals surface area contributed by atoms with E-state index in [0.717, 1.165) is 17.0 Å². The maximum Gasteiger partial charge on any atom is 0.109 e. The van der Waals surface area contributed by atoms with Crippen molar-refractivity contribution in [2.24, 2.45) is 0 Å². The van der Waals surface area contributed by atoms with E-state index in [4.69, 9.17) is 0 Å². The minimum Gasteiger partial charge on any atom is -0.385 e. The SMILES string of the molecule is CNCC(O)c1nc(C)ccc1C. The van der Waals surface area contributed by atoms with Crippen LogP contribution in [0, 0.1) is 13.8 Å². The standard InChI is InChI=1S/C10H16N2O/c1-7-4-5-8(2)12-10(7)9(13)6-11-3/h4-5,9,11,13H,6H2,1-3H3. The van der Waals surface area contributed by atoms with E-state index in [9.17, 15) is 5.11 Å². The number of hydrogen-bond acceptors (Lipinski definition) is 3. The van der Waals surface area contributed by atoms with Crippen molar-refractivity contribution in [1.29, 1.82) is 0 Å². The predicted octanol–water partition coefficient (Wildman–Crippen LogP) is 0.951. The number of aliphatic hydroxyl groups excluding tert-OH is 1. The van der Waals surface area contributed by atoms with Gasteiger partial charge in [-0.1, -0.05) is 6.07 Å². The first-order chi connectivity index (χ1) is 6.15. The van der Waals surface area contributed by atoms with Crippen molar-refractivity contribution in [3.05, 3.63) is 29.1 Å². The largest absolute Gasteiger partial charge is 0.385 e. The fourth-order valence-electron chi connectivity index (χ4n) is 1.27. The molecule has 1 rings (SSSR count). The van der Waals surface area contributed by atoms with Gasteiger partial charge in [0.05, 0.1) is 5.69 Å². The molecule has 0 radical (unpaired) electrons. The van der Waals surface area contributed by atoms with Crippen molar-refractivity contribution >= 4 is 0 Å². The first-order valence-electron chi connectivity index (χ1n) is 4.42. The summed E-state index contributed by atoms with van der Waals surface area (Å²) in [5.74, 6) is 0. The monoisotopic (exact) mass is 180 g/mol. The zero-order valence-corrected chi connectivity index (χ0v) is 8.33.